The first-order valence-corrected chi connectivity index (χ1v) is 9.29. The largest absolute Gasteiger partial charge is 0.390 e. The van der Waals surface area contributed by atoms with Crippen molar-refractivity contribution in [2.24, 2.45) is 0 Å². The van der Waals surface area contributed by atoms with E-state index in [4.69, 9.17) is 0 Å². The Morgan fingerprint density at radius 1 is 1.15 bits per heavy atom. The van der Waals surface area contributed by atoms with Crippen molar-refractivity contribution in [1.82, 2.24) is 15.2 Å². The number of nitrogens with zero attached hydrogens (tertiary/aromatic N) is 2. The van der Waals surface area contributed by atoms with E-state index in [0.29, 0.717) is 12.1 Å². The van der Waals surface area contributed by atoms with Gasteiger partial charge in [-0.25, -0.2) is 0 Å². The zero-order valence-corrected chi connectivity index (χ0v) is 15.1. The minimum atomic E-state index is -0.596. The molecule has 0 spiro atoms. The van der Waals surface area contributed by atoms with Gasteiger partial charge in [0.05, 0.1) is 11.6 Å². The van der Waals surface area contributed by atoms with E-state index in [1.807, 2.05) is 24.3 Å². The predicted molar refractivity (Wildman–Crippen MR) is 106 cm³/mol. The van der Waals surface area contributed by atoms with Crippen LogP contribution in [0.3, 0.4) is 0 Å². The van der Waals surface area contributed by atoms with Crippen molar-refractivity contribution >= 4 is 16.8 Å². The maximum absolute atomic E-state index is 12.4. The Bertz CT molecular complexity index is 957. The Hall–Kier alpha value is -2.76. The van der Waals surface area contributed by atoms with Gasteiger partial charge in [0.2, 0.25) is 0 Å². The highest BCUT2D eigenvalue weighted by Gasteiger charge is 2.19. The molecule has 1 amide bonds. The number of aliphatic hydroxyl groups is 1. The summed E-state index contributed by atoms with van der Waals surface area (Å²) in [6.07, 6.45) is 2.14. The highest BCUT2D eigenvalue weighted by Crippen LogP contribution is 2.18. The van der Waals surface area contributed by atoms with Crippen LogP contribution in [0.25, 0.3) is 10.9 Å². The van der Waals surface area contributed by atoms with E-state index in [0.717, 1.165) is 30.4 Å². The molecule has 27 heavy (non-hydrogen) atoms. The molecular weight excluding hydrogens is 338 g/mol. The molecule has 1 unspecified atom stereocenters. The fourth-order valence-corrected chi connectivity index (χ4v) is 3.60. The molecule has 2 heterocycles. The number of benzene rings is 2. The van der Waals surface area contributed by atoms with Crippen LogP contribution in [0.2, 0.25) is 0 Å². The third-order valence-electron chi connectivity index (χ3n) is 5.04. The number of hydrogen-bond acceptors (Lipinski definition) is 4. The van der Waals surface area contributed by atoms with Gasteiger partial charge in [0.25, 0.3) is 5.91 Å². The maximum Gasteiger partial charge on any atom is 0.251 e. The molecule has 0 aliphatic carbocycles. The second kappa shape index (κ2) is 7.86. The lowest BCUT2D eigenvalue weighted by Gasteiger charge is -2.30. The molecule has 0 saturated carbocycles. The fourth-order valence-electron chi connectivity index (χ4n) is 3.60. The standard InChI is InChI=1S/C22H23N3O2/c26-20(15-25-11-9-16-4-1-2-5-19(16)14-25)13-24-22(27)18-7-8-21-17(12-18)6-3-10-23-21/h1-8,10,12,20,26H,9,11,13-15H2,(H,24,27). The van der Waals surface area contributed by atoms with Gasteiger partial charge >= 0.3 is 0 Å². The van der Waals surface area contributed by atoms with Crippen LogP contribution in [0, 0.1) is 0 Å². The van der Waals surface area contributed by atoms with Gasteiger partial charge in [0.15, 0.2) is 0 Å². The van der Waals surface area contributed by atoms with E-state index in [1.165, 1.54) is 11.1 Å². The Morgan fingerprint density at radius 2 is 2.00 bits per heavy atom. The number of carbonyl (C=O) groups excluding carboxylic acids is 1. The zero-order valence-electron chi connectivity index (χ0n) is 15.1. The van der Waals surface area contributed by atoms with Gasteiger partial charge in [0, 0.05) is 43.3 Å². The molecule has 0 bridgehead atoms. The summed E-state index contributed by atoms with van der Waals surface area (Å²) in [5, 5.41) is 14.1. The minimum Gasteiger partial charge on any atom is -0.390 e. The highest BCUT2D eigenvalue weighted by molar-refractivity contribution is 5.97. The Labute approximate surface area is 158 Å². The predicted octanol–water partition coefficient (Wildman–Crippen LogP) is 2.38. The van der Waals surface area contributed by atoms with Crippen molar-refractivity contribution in [3.63, 3.8) is 0 Å². The van der Waals surface area contributed by atoms with E-state index in [-0.39, 0.29) is 12.5 Å². The summed E-state index contributed by atoms with van der Waals surface area (Å²) in [7, 11) is 0. The Balaban J connectivity index is 1.31. The zero-order chi connectivity index (χ0) is 18.6. The van der Waals surface area contributed by atoms with Crippen LogP contribution in [0.1, 0.15) is 21.5 Å². The molecule has 2 N–H and O–H groups in total. The van der Waals surface area contributed by atoms with Crippen molar-refractivity contribution in [2.45, 2.75) is 19.1 Å². The molecule has 0 saturated heterocycles. The SMILES string of the molecule is O=C(NCC(O)CN1CCc2ccccc2C1)c1ccc2ncccc2c1. The van der Waals surface area contributed by atoms with Gasteiger partial charge in [0.1, 0.15) is 0 Å². The summed E-state index contributed by atoms with van der Waals surface area (Å²) >= 11 is 0. The molecule has 1 aromatic heterocycles. The molecule has 5 heteroatoms. The number of amides is 1. The van der Waals surface area contributed by atoms with Crippen molar-refractivity contribution in [2.75, 3.05) is 19.6 Å². The number of nitrogens with one attached hydrogen (secondary N) is 1. The van der Waals surface area contributed by atoms with Gasteiger partial charge in [-0.3, -0.25) is 14.7 Å². The summed E-state index contributed by atoms with van der Waals surface area (Å²) in [6, 6.07) is 17.6. The molecule has 3 aromatic rings. The second-order valence-electron chi connectivity index (χ2n) is 7.03. The number of fused-ring (bicyclic) bond motifs is 2. The number of carbonyl (C=O) groups is 1. The Morgan fingerprint density at radius 3 is 2.89 bits per heavy atom. The summed E-state index contributed by atoms with van der Waals surface area (Å²) in [5.74, 6) is -0.177. The van der Waals surface area contributed by atoms with E-state index in [1.54, 1.807) is 12.3 Å². The number of hydrogen-bond donors (Lipinski definition) is 2. The number of rotatable bonds is 5. The van der Waals surface area contributed by atoms with Crippen molar-refractivity contribution < 1.29 is 9.90 Å². The summed E-state index contributed by atoms with van der Waals surface area (Å²) in [4.78, 5) is 18.9. The fraction of sp³-hybridized carbons (Fsp3) is 0.273. The van der Waals surface area contributed by atoms with Crippen molar-refractivity contribution in [3.05, 3.63) is 77.5 Å². The summed E-state index contributed by atoms with van der Waals surface area (Å²) < 4.78 is 0. The second-order valence-corrected chi connectivity index (χ2v) is 7.03. The molecule has 1 aliphatic heterocycles. The average molecular weight is 361 g/mol. The van der Waals surface area contributed by atoms with E-state index < -0.39 is 6.10 Å². The molecule has 138 valence electrons. The first-order valence-electron chi connectivity index (χ1n) is 9.29. The van der Waals surface area contributed by atoms with Crippen LogP contribution >= 0.6 is 0 Å². The number of aromatic nitrogens is 1. The topological polar surface area (TPSA) is 65.5 Å². The minimum absolute atomic E-state index is 0.177. The third-order valence-corrected chi connectivity index (χ3v) is 5.04. The quantitative estimate of drug-likeness (QED) is 0.732. The third kappa shape index (κ3) is 4.15. The monoisotopic (exact) mass is 361 g/mol. The van der Waals surface area contributed by atoms with Crippen LogP contribution in [-0.2, 0) is 13.0 Å². The highest BCUT2D eigenvalue weighted by atomic mass is 16.3. The Kier molecular flexibility index (Phi) is 5.14. The van der Waals surface area contributed by atoms with Crippen molar-refractivity contribution in [1.29, 1.82) is 0 Å². The smallest absolute Gasteiger partial charge is 0.251 e. The van der Waals surface area contributed by atoms with Gasteiger partial charge in [-0.1, -0.05) is 30.3 Å². The first kappa shape index (κ1) is 17.6. The number of aliphatic hydroxyl groups excluding tert-OH is 1. The maximum atomic E-state index is 12.4. The average Bonchev–Trinajstić information content (AvgIpc) is 2.71. The van der Waals surface area contributed by atoms with Crippen molar-refractivity contribution in [3.8, 4) is 0 Å². The molecule has 0 radical (unpaired) electrons. The molecule has 1 atom stereocenters. The van der Waals surface area contributed by atoms with Crippen LogP contribution < -0.4 is 5.32 Å². The van der Waals surface area contributed by atoms with Crippen LogP contribution in [0.4, 0.5) is 0 Å². The van der Waals surface area contributed by atoms with Gasteiger partial charge in [-0.2, -0.15) is 0 Å². The first-order chi connectivity index (χ1) is 13.2. The summed E-state index contributed by atoms with van der Waals surface area (Å²) in [6.45, 7) is 2.57. The van der Waals surface area contributed by atoms with E-state index in [2.05, 4.69) is 39.5 Å². The van der Waals surface area contributed by atoms with Gasteiger partial charge < -0.3 is 10.4 Å². The van der Waals surface area contributed by atoms with Crippen LogP contribution in [0.5, 0.6) is 0 Å². The normalized spacial score (nSPS) is 15.3. The molecule has 2 aromatic carbocycles. The number of β-amino-alcohol motifs (C(OH)–C–C–N with tert-alkyl or cyclic N) is 1. The molecule has 1 aliphatic rings. The molecule has 4 rings (SSSR count). The molecule has 0 fully saturated rings. The summed E-state index contributed by atoms with van der Waals surface area (Å²) in [5.41, 5.74) is 4.15. The van der Waals surface area contributed by atoms with Crippen LogP contribution in [-0.4, -0.2) is 46.6 Å². The number of pyridine rings is 1. The van der Waals surface area contributed by atoms with Gasteiger partial charge in [-0.15, -0.1) is 0 Å². The van der Waals surface area contributed by atoms with E-state index in [9.17, 15) is 9.90 Å². The molecule has 5 nitrogen and oxygen atoms in total. The van der Waals surface area contributed by atoms with Crippen LogP contribution in [0.15, 0.2) is 60.8 Å². The lowest BCUT2D eigenvalue weighted by atomic mass is 10.00. The molecular formula is C22H23N3O2. The lowest BCUT2D eigenvalue weighted by molar-refractivity contribution is 0.0842. The lowest BCUT2D eigenvalue weighted by Crippen LogP contribution is -2.42. The van der Waals surface area contributed by atoms with Gasteiger partial charge in [-0.05, 0) is 41.8 Å². The van der Waals surface area contributed by atoms with E-state index >= 15 is 0 Å².